The summed E-state index contributed by atoms with van der Waals surface area (Å²) in [6.07, 6.45) is -0.589. The summed E-state index contributed by atoms with van der Waals surface area (Å²) in [6.45, 7) is 1.64. The molecule has 19 heavy (non-hydrogen) atoms. The van der Waals surface area contributed by atoms with Crippen LogP contribution in [-0.4, -0.2) is 5.11 Å². The SMILES string of the molecule is C[C@H](O)c1ccc(Oc2cc(Br)cc(F)c2F)cc1. The van der Waals surface area contributed by atoms with Gasteiger partial charge in [0.15, 0.2) is 11.6 Å². The minimum absolute atomic E-state index is 0.198. The Hall–Kier alpha value is -1.46. The number of aliphatic hydroxyl groups excluding tert-OH is 1. The molecule has 0 radical (unpaired) electrons. The number of aliphatic hydroxyl groups is 1. The van der Waals surface area contributed by atoms with Gasteiger partial charge in [0.25, 0.3) is 0 Å². The highest BCUT2D eigenvalue weighted by molar-refractivity contribution is 9.10. The minimum Gasteiger partial charge on any atom is -0.454 e. The fourth-order valence-corrected chi connectivity index (χ4v) is 1.96. The van der Waals surface area contributed by atoms with Crippen LogP contribution in [0, 0.1) is 11.6 Å². The molecule has 0 spiro atoms. The fraction of sp³-hybridized carbons (Fsp3) is 0.143. The van der Waals surface area contributed by atoms with Crippen molar-refractivity contribution >= 4 is 15.9 Å². The van der Waals surface area contributed by atoms with Crippen molar-refractivity contribution in [3.8, 4) is 11.5 Å². The number of ether oxygens (including phenoxy) is 1. The van der Waals surface area contributed by atoms with Gasteiger partial charge in [-0.25, -0.2) is 4.39 Å². The Kier molecular flexibility index (Phi) is 4.17. The Labute approximate surface area is 117 Å². The van der Waals surface area contributed by atoms with E-state index in [9.17, 15) is 13.9 Å². The van der Waals surface area contributed by atoms with Crippen LogP contribution in [0.15, 0.2) is 40.9 Å². The lowest BCUT2D eigenvalue weighted by Crippen LogP contribution is -1.94. The molecule has 100 valence electrons. The van der Waals surface area contributed by atoms with E-state index in [0.717, 1.165) is 6.07 Å². The van der Waals surface area contributed by atoms with Crippen LogP contribution in [0.25, 0.3) is 0 Å². The largest absolute Gasteiger partial charge is 0.454 e. The van der Waals surface area contributed by atoms with E-state index < -0.39 is 17.7 Å². The van der Waals surface area contributed by atoms with Gasteiger partial charge in [0.2, 0.25) is 5.82 Å². The first-order valence-corrected chi connectivity index (χ1v) is 6.37. The molecule has 2 nitrogen and oxygen atoms in total. The molecule has 0 aliphatic heterocycles. The van der Waals surface area contributed by atoms with E-state index in [-0.39, 0.29) is 5.75 Å². The molecule has 1 atom stereocenters. The maximum absolute atomic E-state index is 13.5. The molecule has 0 amide bonds. The lowest BCUT2D eigenvalue weighted by molar-refractivity contribution is 0.199. The molecule has 0 fully saturated rings. The van der Waals surface area contributed by atoms with Crippen molar-refractivity contribution in [2.24, 2.45) is 0 Å². The molecule has 0 bridgehead atoms. The zero-order valence-corrected chi connectivity index (χ0v) is 11.6. The highest BCUT2D eigenvalue weighted by Crippen LogP contribution is 2.30. The topological polar surface area (TPSA) is 29.5 Å². The van der Waals surface area contributed by atoms with E-state index in [4.69, 9.17) is 4.74 Å². The number of benzene rings is 2. The molecule has 0 heterocycles. The average molecular weight is 329 g/mol. The first-order chi connectivity index (χ1) is 8.97. The number of halogens is 3. The Morgan fingerprint density at radius 2 is 1.79 bits per heavy atom. The third kappa shape index (κ3) is 3.30. The second kappa shape index (κ2) is 5.67. The van der Waals surface area contributed by atoms with Gasteiger partial charge in [0.1, 0.15) is 5.75 Å². The monoisotopic (exact) mass is 328 g/mol. The smallest absolute Gasteiger partial charge is 0.201 e. The van der Waals surface area contributed by atoms with Crippen LogP contribution >= 0.6 is 15.9 Å². The quantitative estimate of drug-likeness (QED) is 0.836. The summed E-state index contributed by atoms with van der Waals surface area (Å²) in [5.41, 5.74) is 0.716. The summed E-state index contributed by atoms with van der Waals surface area (Å²) in [5.74, 6) is -1.86. The molecule has 0 saturated heterocycles. The molecule has 0 unspecified atom stereocenters. The third-order valence-corrected chi connectivity index (χ3v) is 3.01. The molecule has 2 rings (SSSR count). The van der Waals surface area contributed by atoms with Gasteiger partial charge in [0, 0.05) is 4.47 Å². The lowest BCUT2D eigenvalue weighted by Gasteiger charge is -2.09. The first kappa shape index (κ1) is 14.0. The molecular formula is C14H11BrF2O2. The molecule has 0 aromatic heterocycles. The summed E-state index contributed by atoms with van der Waals surface area (Å²) >= 11 is 3.07. The average Bonchev–Trinajstić information content (AvgIpc) is 2.36. The zero-order valence-electron chi connectivity index (χ0n) is 10.0. The van der Waals surface area contributed by atoms with Crippen LogP contribution in [0.1, 0.15) is 18.6 Å². The van der Waals surface area contributed by atoms with Gasteiger partial charge in [-0.3, -0.25) is 0 Å². The van der Waals surface area contributed by atoms with E-state index >= 15 is 0 Å². The summed E-state index contributed by atoms with van der Waals surface area (Å²) in [7, 11) is 0. The minimum atomic E-state index is -1.04. The van der Waals surface area contributed by atoms with Gasteiger partial charge < -0.3 is 9.84 Å². The standard InChI is InChI=1S/C14H11BrF2O2/c1-8(18)9-2-4-11(5-3-9)19-13-7-10(15)6-12(16)14(13)17/h2-8,18H,1H3/t8-/m0/s1. The van der Waals surface area contributed by atoms with Gasteiger partial charge in [-0.1, -0.05) is 28.1 Å². The predicted molar refractivity (Wildman–Crippen MR) is 71.2 cm³/mol. The van der Waals surface area contributed by atoms with Gasteiger partial charge in [0.05, 0.1) is 6.10 Å². The third-order valence-electron chi connectivity index (χ3n) is 2.55. The molecule has 1 N–H and O–H groups in total. The van der Waals surface area contributed by atoms with E-state index in [1.165, 1.54) is 6.07 Å². The van der Waals surface area contributed by atoms with Crippen LogP contribution in [0.2, 0.25) is 0 Å². The van der Waals surface area contributed by atoms with Gasteiger partial charge >= 0.3 is 0 Å². The van der Waals surface area contributed by atoms with E-state index in [1.807, 2.05) is 0 Å². The van der Waals surface area contributed by atoms with Crippen LogP contribution in [0.4, 0.5) is 8.78 Å². The van der Waals surface area contributed by atoms with Crippen LogP contribution in [0.5, 0.6) is 11.5 Å². The van der Waals surface area contributed by atoms with Gasteiger partial charge in [-0.15, -0.1) is 0 Å². The Bertz CT molecular complexity index is 583. The molecular weight excluding hydrogens is 318 g/mol. The second-order valence-electron chi connectivity index (χ2n) is 4.05. The van der Waals surface area contributed by atoms with Crippen molar-refractivity contribution in [3.63, 3.8) is 0 Å². The summed E-state index contributed by atoms with van der Waals surface area (Å²) in [4.78, 5) is 0. The van der Waals surface area contributed by atoms with Gasteiger partial charge in [-0.2, -0.15) is 4.39 Å². The highest BCUT2D eigenvalue weighted by atomic mass is 79.9. The molecule has 2 aromatic rings. The number of hydrogen-bond donors (Lipinski definition) is 1. The van der Waals surface area contributed by atoms with Crippen molar-refractivity contribution in [1.29, 1.82) is 0 Å². The maximum Gasteiger partial charge on any atom is 0.201 e. The van der Waals surface area contributed by atoms with Crippen LogP contribution in [-0.2, 0) is 0 Å². The normalized spacial score (nSPS) is 12.3. The Morgan fingerprint density at radius 1 is 1.16 bits per heavy atom. The summed E-state index contributed by atoms with van der Waals surface area (Å²) < 4.78 is 32.4. The van der Waals surface area contributed by atoms with Crippen molar-refractivity contribution in [2.45, 2.75) is 13.0 Å². The summed E-state index contributed by atoms with van der Waals surface area (Å²) in [5, 5.41) is 9.36. The highest BCUT2D eigenvalue weighted by Gasteiger charge is 2.12. The van der Waals surface area contributed by atoms with E-state index in [1.54, 1.807) is 31.2 Å². The van der Waals surface area contributed by atoms with Crippen molar-refractivity contribution < 1.29 is 18.6 Å². The predicted octanol–water partition coefficient (Wildman–Crippen LogP) is 4.57. The van der Waals surface area contributed by atoms with Crippen molar-refractivity contribution in [1.82, 2.24) is 0 Å². The van der Waals surface area contributed by atoms with Crippen LogP contribution < -0.4 is 4.74 Å². The van der Waals surface area contributed by atoms with E-state index in [0.29, 0.717) is 15.8 Å². The molecule has 0 aliphatic carbocycles. The van der Waals surface area contributed by atoms with Crippen molar-refractivity contribution in [2.75, 3.05) is 0 Å². The molecule has 5 heteroatoms. The summed E-state index contributed by atoms with van der Waals surface area (Å²) in [6, 6.07) is 8.86. The van der Waals surface area contributed by atoms with Crippen LogP contribution in [0.3, 0.4) is 0 Å². The van der Waals surface area contributed by atoms with Crippen molar-refractivity contribution in [3.05, 3.63) is 58.1 Å². The first-order valence-electron chi connectivity index (χ1n) is 5.58. The molecule has 0 aliphatic rings. The zero-order chi connectivity index (χ0) is 14.0. The van der Waals surface area contributed by atoms with E-state index in [2.05, 4.69) is 15.9 Å². The molecule has 0 saturated carbocycles. The number of hydrogen-bond acceptors (Lipinski definition) is 2. The second-order valence-corrected chi connectivity index (χ2v) is 4.96. The maximum atomic E-state index is 13.5. The lowest BCUT2D eigenvalue weighted by atomic mass is 10.1. The van der Waals surface area contributed by atoms with Gasteiger partial charge in [-0.05, 0) is 36.8 Å². The fourth-order valence-electron chi connectivity index (χ4n) is 1.55. The molecule has 2 aromatic carbocycles. The Balaban J connectivity index is 2.26. The number of rotatable bonds is 3. The Morgan fingerprint density at radius 3 is 2.37 bits per heavy atom.